The molecule has 2 N–H and O–H groups in total. The highest BCUT2D eigenvalue weighted by Gasteiger charge is 2.06. The van der Waals surface area contributed by atoms with E-state index >= 15 is 0 Å². The Balaban J connectivity index is 2.23. The summed E-state index contributed by atoms with van der Waals surface area (Å²) in [7, 11) is 0. The van der Waals surface area contributed by atoms with Crippen LogP contribution in [0, 0.1) is 0 Å². The van der Waals surface area contributed by atoms with Crippen LogP contribution in [0.2, 0.25) is 5.02 Å². The molecule has 4 heteroatoms. The normalized spacial score (nSPS) is 12.2. The Morgan fingerprint density at radius 1 is 1.35 bits per heavy atom. The van der Waals surface area contributed by atoms with Crippen molar-refractivity contribution < 1.29 is 4.74 Å². The molecule has 0 aliphatic carbocycles. The topological polar surface area (TPSA) is 48.1 Å². The average Bonchev–Trinajstić information content (AvgIpc) is 2.33. The molecule has 2 aromatic rings. The zero-order valence-electron chi connectivity index (χ0n) is 9.43. The maximum absolute atomic E-state index is 6.12. The largest absolute Gasteiger partial charge is 0.454 e. The Morgan fingerprint density at radius 2 is 2.18 bits per heavy atom. The lowest BCUT2D eigenvalue weighted by Crippen LogP contribution is -2.04. The van der Waals surface area contributed by atoms with Crippen LogP contribution >= 0.6 is 11.6 Å². The zero-order chi connectivity index (χ0) is 12.3. The molecule has 0 aliphatic rings. The first-order valence-electron chi connectivity index (χ1n) is 5.30. The highest BCUT2D eigenvalue weighted by Crippen LogP contribution is 2.30. The van der Waals surface area contributed by atoms with Crippen molar-refractivity contribution in [1.29, 1.82) is 0 Å². The average molecular weight is 249 g/mol. The Hall–Kier alpha value is -1.58. The summed E-state index contributed by atoms with van der Waals surface area (Å²) in [6, 6.07) is 9.12. The molecule has 3 nitrogen and oxygen atoms in total. The van der Waals surface area contributed by atoms with E-state index in [-0.39, 0.29) is 6.04 Å². The summed E-state index contributed by atoms with van der Waals surface area (Å²) in [4.78, 5) is 3.97. The minimum Gasteiger partial charge on any atom is -0.454 e. The Labute approximate surface area is 105 Å². The number of ether oxygens (including phenoxy) is 1. The van der Waals surface area contributed by atoms with Crippen LogP contribution in [-0.2, 0) is 0 Å². The molecule has 1 atom stereocenters. The van der Waals surface area contributed by atoms with E-state index in [4.69, 9.17) is 22.1 Å². The second-order valence-electron chi connectivity index (χ2n) is 3.77. The number of pyridine rings is 1. The SMILES string of the molecule is C[C@@H](N)c1ccc(Oc2cccnc2)c(Cl)c1. The molecule has 1 heterocycles. The predicted octanol–water partition coefficient (Wildman–Crippen LogP) is 3.55. The van der Waals surface area contributed by atoms with Gasteiger partial charge in [0, 0.05) is 12.2 Å². The van der Waals surface area contributed by atoms with Crippen molar-refractivity contribution in [2.45, 2.75) is 13.0 Å². The molecule has 0 unspecified atom stereocenters. The number of halogens is 1. The first-order valence-corrected chi connectivity index (χ1v) is 5.67. The molecule has 1 aromatic carbocycles. The molecule has 0 saturated heterocycles. The standard InChI is InChI=1S/C13H13ClN2O/c1-9(15)10-4-5-13(12(14)7-10)17-11-3-2-6-16-8-11/h2-9H,15H2,1H3/t9-/m1/s1. The van der Waals surface area contributed by atoms with Gasteiger partial charge in [-0.3, -0.25) is 4.98 Å². The number of hydrogen-bond donors (Lipinski definition) is 1. The Bertz CT molecular complexity index is 500. The van der Waals surface area contributed by atoms with Crippen LogP contribution in [-0.4, -0.2) is 4.98 Å². The summed E-state index contributed by atoms with van der Waals surface area (Å²) in [6.45, 7) is 1.91. The first-order chi connectivity index (χ1) is 8.16. The summed E-state index contributed by atoms with van der Waals surface area (Å²) in [6.07, 6.45) is 3.32. The van der Waals surface area contributed by atoms with Crippen LogP contribution in [0.4, 0.5) is 0 Å². The van der Waals surface area contributed by atoms with Gasteiger partial charge in [0.15, 0.2) is 0 Å². The number of benzene rings is 1. The Kier molecular flexibility index (Phi) is 3.61. The van der Waals surface area contributed by atoms with E-state index in [9.17, 15) is 0 Å². The molecule has 0 fully saturated rings. The van der Waals surface area contributed by atoms with Gasteiger partial charge in [-0.25, -0.2) is 0 Å². The van der Waals surface area contributed by atoms with Gasteiger partial charge < -0.3 is 10.5 Å². The first kappa shape index (κ1) is 11.9. The molecule has 0 aliphatic heterocycles. The molecule has 2 rings (SSSR count). The maximum Gasteiger partial charge on any atom is 0.146 e. The van der Waals surface area contributed by atoms with E-state index < -0.39 is 0 Å². The lowest BCUT2D eigenvalue weighted by atomic mass is 10.1. The van der Waals surface area contributed by atoms with E-state index in [0.29, 0.717) is 16.5 Å². The third-order valence-electron chi connectivity index (χ3n) is 2.34. The van der Waals surface area contributed by atoms with Gasteiger partial charge in [-0.05, 0) is 36.8 Å². The zero-order valence-corrected chi connectivity index (χ0v) is 10.2. The van der Waals surface area contributed by atoms with Gasteiger partial charge in [-0.2, -0.15) is 0 Å². The molecular weight excluding hydrogens is 236 g/mol. The third kappa shape index (κ3) is 2.96. The second kappa shape index (κ2) is 5.17. The van der Waals surface area contributed by atoms with Crippen LogP contribution in [0.1, 0.15) is 18.5 Å². The van der Waals surface area contributed by atoms with Crippen molar-refractivity contribution >= 4 is 11.6 Å². The second-order valence-corrected chi connectivity index (χ2v) is 4.18. The number of aromatic nitrogens is 1. The lowest BCUT2D eigenvalue weighted by molar-refractivity contribution is 0.480. The minimum atomic E-state index is -0.0417. The van der Waals surface area contributed by atoms with Gasteiger partial charge in [0.05, 0.1) is 11.2 Å². The maximum atomic E-state index is 6.12. The fourth-order valence-corrected chi connectivity index (χ4v) is 1.65. The van der Waals surface area contributed by atoms with Crippen molar-refractivity contribution in [1.82, 2.24) is 4.98 Å². The molecule has 0 saturated carbocycles. The summed E-state index contributed by atoms with van der Waals surface area (Å²) in [5.74, 6) is 1.26. The molecule has 17 heavy (non-hydrogen) atoms. The summed E-state index contributed by atoms with van der Waals surface area (Å²) < 4.78 is 5.61. The van der Waals surface area contributed by atoms with Crippen molar-refractivity contribution in [3.63, 3.8) is 0 Å². The van der Waals surface area contributed by atoms with Crippen LogP contribution in [0.3, 0.4) is 0 Å². The number of nitrogens with zero attached hydrogens (tertiary/aromatic N) is 1. The van der Waals surface area contributed by atoms with Crippen molar-refractivity contribution in [2.75, 3.05) is 0 Å². The van der Waals surface area contributed by atoms with Crippen LogP contribution in [0.15, 0.2) is 42.7 Å². The predicted molar refractivity (Wildman–Crippen MR) is 68.4 cm³/mol. The van der Waals surface area contributed by atoms with Gasteiger partial charge in [-0.15, -0.1) is 0 Å². The van der Waals surface area contributed by atoms with Crippen LogP contribution in [0.25, 0.3) is 0 Å². The number of hydrogen-bond acceptors (Lipinski definition) is 3. The molecule has 88 valence electrons. The molecule has 1 aromatic heterocycles. The van der Waals surface area contributed by atoms with Gasteiger partial charge in [0.1, 0.15) is 11.5 Å². The van der Waals surface area contributed by atoms with Crippen LogP contribution in [0.5, 0.6) is 11.5 Å². The highest BCUT2D eigenvalue weighted by molar-refractivity contribution is 6.32. The fraction of sp³-hybridized carbons (Fsp3) is 0.154. The number of nitrogens with two attached hydrogens (primary N) is 1. The van der Waals surface area contributed by atoms with E-state index in [1.54, 1.807) is 18.5 Å². The third-order valence-corrected chi connectivity index (χ3v) is 2.64. The van der Waals surface area contributed by atoms with E-state index in [0.717, 1.165) is 5.56 Å². The van der Waals surface area contributed by atoms with Gasteiger partial charge >= 0.3 is 0 Å². The summed E-state index contributed by atoms with van der Waals surface area (Å²) in [5.41, 5.74) is 6.76. The van der Waals surface area contributed by atoms with E-state index in [2.05, 4.69) is 4.98 Å². The molecule has 0 amide bonds. The Morgan fingerprint density at radius 3 is 2.76 bits per heavy atom. The monoisotopic (exact) mass is 248 g/mol. The summed E-state index contributed by atoms with van der Waals surface area (Å²) >= 11 is 6.12. The van der Waals surface area contributed by atoms with Gasteiger partial charge in [-0.1, -0.05) is 17.7 Å². The smallest absolute Gasteiger partial charge is 0.146 e. The number of rotatable bonds is 3. The molecule has 0 spiro atoms. The van der Waals surface area contributed by atoms with Crippen molar-refractivity contribution in [2.24, 2.45) is 5.73 Å². The minimum absolute atomic E-state index is 0.0417. The van der Waals surface area contributed by atoms with E-state index in [1.807, 2.05) is 31.2 Å². The quantitative estimate of drug-likeness (QED) is 0.904. The van der Waals surface area contributed by atoms with Crippen molar-refractivity contribution in [3.05, 3.63) is 53.3 Å². The molecule has 0 bridgehead atoms. The van der Waals surface area contributed by atoms with Gasteiger partial charge in [0.25, 0.3) is 0 Å². The molecular formula is C13H13ClN2O. The fourth-order valence-electron chi connectivity index (χ4n) is 1.42. The summed E-state index contributed by atoms with van der Waals surface area (Å²) in [5, 5.41) is 0.545. The van der Waals surface area contributed by atoms with Gasteiger partial charge in [0.2, 0.25) is 0 Å². The molecule has 0 radical (unpaired) electrons. The van der Waals surface area contributed by atoms with Crippen molar-refractivity contribution in [3.8, 4) is 11.5 Å². The van der Waals surface area contributed by atoms with Crippen LogP contribution < -0.4 is 10.5 Å². The lowest BCUT2D eigenvalue weighted by Gasteiger charge is -2.10. The van der Waals surface area contributed by atoms with E-state index in [1.165, 1.54) is 0 Å². The highest BCUT2D eigenvalue weighted by atomic mass is 35.5.